The zero-order valence-corrected chi connectivity index (χ0v) is 10.6. The number of carbonyl (C=O) groups excluding carboxylic acids is 1. The second-order valence-corrected chi connectivity index (χ2v) is 4.61. The van der Waals surface area contributed by atoms with E-state index in [4.69, 9.17) is 0 Å². The highest BCUT2D eigenvalue weighted by molar-refractivity contribution is 7.99. The van der Waals surface area contributed by atoms with E-state index in [0.717, 1.165) is 17.1 Å². The van der Waals surface area contributed by atoms with Gasteiger partial charge in [-0.25, -0.2) is 4.39 Å². The summed E-state index contributed by atoms with van der Waals surface area (Å²) in [6.07, 6.45) is 0.873. The van der Waals surface area contributed by atoms with Crippen molar-refractivity contribution < 1.29 is 13.9 Å². The summed E-state index contributed by atoms with van der Waals surface area (Å²) in [5.41, 5.74) is 0. The monoisotopic (exact) mass is 257 g/mol. The van der Waals surface area contributed by atoms with Crippen LogP contribution in [-0.4, -0.2) is 31.9 Å². The molecule has 1 aromatic rings. The fourth-order valence-electron chi connectivity index (χ4n) is 1.20. The van der Waals surface area contributed by atoms with Crippen LogP contribution >= 0.6 is 11.8 Å². The number of nitrogens with one attached hydrogen (secondary N) is 1. The van der Waals surface area contributed by atoms with Crippen LogP contribution in [0.5, 0.6) is 0 Å². The van der Waals surface area contributed by atoms with E-state index in [1.807, 2.05) is 0 Å². The summed E-state index contributed by atoms with van der Waals surface area (Å²) in [6, 6.07) is 6.40. The van der Waals surface area contributed by atoms with Crippen LogP contribution < -0.4 is 5.32 Å². The summed E-state index contributed by atoms with van der Waals surface area (Å²) in [4.78, 5) is 12.1. The average Bonchev–Trinajstić information content (AvgIpc) is 2.31. The number of ether oxygens (including phenoxy) is 1. The van der Waals surface area contributed by atoms with E-state index in [2.05, 4.69) is 10.1 Å². The minimum Gasteiger partial charge on any atom is -0.375 e. The molecular weight excluding hydrogens is 241 g/mol. The van der Waals surface area contributed by atoms with Gasteiger partial charge in [0.05, 0.1) is 0 Å². The molecule has 1 N–H and O–H groups in total. The van der Waals surface area contributed by atoms with E-state index >= 15 is 0 Å². The number of methoxy groups -OCH3 is 1. The zero-order chi connectivity index (χ0) is 12.5. The van der Waals surface area contributed by atoms with Crippen molar-refractivity contribution in [2.75, 3.05) is 26.0 Å². The molecule has 1 aromatic carbocycles. The molecule has 0 aliphatic carbocycles. The van der Waals surface area contributed by atoms with Crippen LogP contribution in [0.2, 0.25) is 0 Å². The molecule has 1 amide bonds. The summed E-state index contributed by atoms with van der Waals surface area (Å²) in [6.45, 7) is 0.738. The zero-order valence-electron chi connectivity index (χ0n) is 9.74. The Hall–Kier alpha value is -1.07. The fraction of sp³-hybridized carbons (Fsp3) is 0.417. The summed E-state index contributed by atoms with van der Waals surface area (Å²) in [5.74, 6) is 0.569. The minimum atomic E-state index is -0.221. The molecule has 5 heteroatoms. The van der Waals surface area contributed by atoms with Crippen molar-refractivity contribution in [2.45, 2.75) is 11.3 Å². The summed E-state index contributed by atoms with van der Waals surface area (Å²) < 4.78 is 17.3. The molecule has 3 nitrogen and oxygen atoms in total. The van der Waals surface area contributed by atoms with Crippen molar-refractivity contribution in [3.05, 3.63) is 30.1 Å². The van der Waals surface area contributed by atoms with E-state index in [1.165, 1.54) is 19.2 Å². The first kappa shape index (κ1) is 14.0. The van der Waals surface area contributed by atoms with Crippen molar-refractivity contribution in [3.63, 3.8) is 0 Å². The Labute approximate surface area is 105 Å². The van der Waals surface area contributed by atoms with Crippen LogP contribution in [0.25, 0.3) is 0 Å². The van der Waals surface area contributed by atoms with Gasteiger partial charge < -0.3 is 10.1 Å². The third kappa shape index (κ3) is 6.28. The molecular formula is C12H16FNO2S. The molecule has 0 heterocycles. The van der Waals surface area contributed by atoms with Crippen LogP contribution in [0.1, 0.15) is 6.42 Å². The van der Waals surface area contributed by atoms with Gasteiger partial charge in [0.1, 0.15) is 12.4 Å². The van der Waals surface area contributed by atoms with Gasteiger partial charge >= 0.3 is 0 Å². The second kappa shape index (κ2) is 8.08. The molecule has 0 saturated carbocycles. The maximum Gasteiger partial charge on any atom is 0.245 e. The van der Waals surface area contributed by atoms with Gasteiger partial charge in [0.25, 0.3) is 0 Å². The molecule has 1 rings (SSSR count). The lowest BCUT2D eigenvalue weighted by molar-refractivity contribution is -0.124. The quantitative estimate of drug-likeness (QED) is 0.600. The predicted molar refractivity (Wildman–Crippen MR) is 66.6 cm³/mol. The molecule has 0 saturated heterocycles. The standard InChI is InChI=1S/C12H16FNO2S/c1-16-9-12(15)14-7-2-8-17-11-5-3-10(13)4-6-11/h3-6H,2,7-9H2,1H3,(H,14,15). The molecule has 0 aliphatic heterocycles. The maximum atomic E-state index is 12.6. The van der Waals surface area contributed by atoms with Crippen LogP contribution in [0.15, 0.2) is 29.2 Å². The topological polar surface area (TPSA) is 38.3 Å². The molecule has 17 heavy (non-hydrogen) atoms. The Balaban J connectivity index is 2.08. The predicted octanol–water partition coefficient (Wildman–Crippen LogP) is 2.07. The van der Waals surface area contributed by atoms with E-state index in [-0.39, 0.29) is 18.3 Å². The molecule has 94 valence electrons. The van der Waals surface area contributed by atoms with Crippen molar-refractivity contribution in [1.29, 1.82) is 0 Å². The fourth-order valence-corrected chi connectivity index (χ4v) is 2.06. The van der Waals surface area contributed by atoms with E-state index in [0.29, 0.717) is 6.54 Å². The Bertz CT molecular complexity index is 343. The number of hydrogen-bond donors (Lipinski definition) is 1. The summed E-state index contributed by atoms with van der Waals surface area (Å²) >= 11 is 1.64. The number of thioether (sulfide) groups is 1. The largest absolute Gasteiger partial charge is 0.375 e. The lowest BCUT2D eigenvalue weighted by Gasteiger charge is -2.04. The lowest BCUT2D eigenvalue weighted by Crippen LogP contribution is -2.28. The van der Waals surface area contributed by atoms with Crippen LogP contribution in [0, 0.1) is 5.82 Å². The molecule has 0 bridgehead atoms. The van der Waals surface area contributed by atoms with Crippen molar-refractivity contribution in [3.8, 4) is 0 Å². The van der Waals surface area contributed by atoms with Crippen LogP contribution in [-0.2, 0) is 9.53 Å². The number of rotatable bonds is 7. The summed E-state index contributed by atoms with van der Waals surface area (Å²) in [7, 11) is 1.49. The maximum absolute atomic E-state index is 12.6. The number of carbonyl (C=O) groups is 1. The van der Waals surface area contributed by atoms with Gasteiger partial charge in [0.15, 0.2) is 0 Å². The first-order valence-electron chi connectivity index (χ1n) is 5.36. The molecule has 0 aliphatic rings. The first-order valence-corrected chi connectivity index (χ1v) is 6.35. The van der Waals surface area contributed by atoms with Crippen molar-refractivity contribution >= 4 is 17.7 Å². The Morgan fingerprint density at radius 1 is 1.41 bits per heavy atom. The van der Waals surface area contributed by atoms with Gasteiger partial charge in [0.2, 0.25) is 5.91 Å². The number of benzene rings is 1. The minimum absolute atomic E-state index is 0.0979. The normalized spacial score (nSPS) is 10.2. The SMILES string of the molecule is COCC(=O)NCCCSc1ccc(F)cc1. The van der Waals surface area contributed by atoms with Gasteiger partial charge in [-0.2, -0.15) is 0 Å². The Morgan fingerprint density at radius 3 is 2.76 bits per heavy atom. The summed E-state index contributed by atoms with van der Waals surface area (Å²) in [5, 5.41) is 2.74. The van der Waals surface area contributed by atoms with Crippen LogP contribution in [0.3, 0.4) is 0 Å². The first-order chi connectivity index (χ1) is 8.22. The highest BCUT2D eigenvalue weighted by Crippen LogP contribution is 2.18. The molecule has 0 radical (unpaired) electrons. The Kier molecular flexibility index (Phi) is 6.65. The number of hydrogen-bond acceptors (Lipinski definition) is 3. The van der Waals surface area contributed by atoms with Gasteiger partial charge in [-0.3, -0.25) is 4.79 Å². The third-order valence-electron chi connectivity index (χ3n) is 2.00. The van der Waals surface area contributed by atoms with Gasteiger partial charge in [-0.15, -0.1) is 11.8 Å². The van der Waals surface area contributed by atoms with E-state index < -0.39 is 0 Å². The molecule has 0 unspecified atom stereocenters. The van der Waals surface area contributed by atoms with E-state index in [9.17, 15) is 9.18 Å². The third-order valence-corrected chi connectivity index (χ3v) is 3.10. The molecule has 0 fully saturated rings. The molecule has 0 aromatic heterocycles. The second-order valence-electron chi connectivity index (χ2n) is 3.44. The highest BCUT2D eigenvalue weighted by Gasteiger charge is 1.99. The molecule has 0 atom stereocenters. The Morgan fingerprint density at radius 2 is 2.12 bits per heavy atom. The lowest BCUT2D eigenvalue weighted by atomic mass is 10.4. The average molecular weight is 257 g/mol. The van der Waals surface area contributed by atoms with Crippen LogP contribution in [0.4, 0.5) is 4.39 Å². The van der Waals surface area contributed by atoms with Gasteiger partial charge in [-0.05, 0) is 36.4 Å². The van der Waals surface area contributed by atoms with E-state index in [1.54, 1.807) is 23.9 Å². The van der Waals surface area contributed by atoms with Crippen molar-refractivity contribution in [1.82, 2.24) is 5.32 Å². The van der Waals surface area contributed by atoms with Gasteiger partial charge in [-0.1, -0.05) is 0 Å². The highest BCUT2D eigenvalue weighted by atomic mass is 32.2. The number of amides is 1. The molecule has 0 spiro atoms. The number of halogens is 1. The van der Waals surface area contributed by atoms with Gasteiger partial charge in [0, 0.05) is 18.6 Å². The smallest absolute Gasteiger partial charge is 0.245 e. The van der Waals surface area contributed by atoms with Crippen molar-refractivity contribution in [2.24, 2.45) is 0 Å².